The number of nitrogens with one attached hydrogen (secondary N) is 1. The minimum atomic E-state index is -1.63. The lowest BCUT2D eigenvalue weighted by molar-refractivity contribution is -0.146. The maximum Gasteiger partial charge on any atom is 0.337 e. The van der Waals surface area contributed by atoms with Crippen LogP contribution in [0.15, 0.2) is 18.2 Å². The lowest BCUT2D eigenvalue weighted by Crippen LogP contribution is -2.13. The van der Waals surface area contributed by atoms with E-state index in [1.165, 1.54) is 18.2 Å². The van der Waals surface area contributed by atoms with E-state index in [2.05, 4.69) is 5.43 Å². The molecular formula is C9H10N2O4. The average Bonchev–Trinajstić information content (AvgIpc) is 2.26. The third-order valence-electron chi connectivity index (χ3n) is 1.91. The number of aliphatic carboxylic acids is 1. The summed E-state index contributed by atoms with van der Waals surface area (Å²) in [4.78, 5) is 21.0. The molecule has 0 radical (unpaired) electrons. The predicted molar refractivity (Wildman–Crippen MR) is 52.2 cm³/mol. The molecule has 0 aliphatic carbocycles. The van der Waals surface area contributed by atoms with Crippen molar-refractivity contribution in [2.75, 3.05) is 5.43 Å². The highest BCUT2D eigenvalue weighted by molar-refractivity contribution is 5.85. The van der Waals surface area contributed by atoms with Crippen molar-refractivity contribution in [1.29, 1.82) is 0 Å². The zero-order valence-corrected chi connectivity index (χ0v) is 7.68. The fourth-order valence-electron chi connectivity index (χ4n) is 1.11. The monoisotopic (exact) mass is 210 g/mol. The molecule has 80 valence electrons. The second-order valence-corrected chi connectivity index (χ2v) is 2.85. The number of benzene rings is 1. The van der Waals surface area contributed by atoms with Crippen LogP contribution in [0.4, 0.5) is 5.69 Å². The van der Waals surface area contributed by atoms with Gasteiger partial charge in [0.2, 0.25) is 0 Å². The standard InChI is InChI=1S/C9H10N2O4/c10-11-7-3-5(8(13)9(14)15)1-2-6(7)4-12/h1-4,8,11,13H,10H2,(H,14,15). The number of aliphatic hydroxyl groups is 1. The molecule has 5 N–H and O–H groups in total. The van der Waals surface area contributed by atoms with Gasteiger partial charge in [0.05, 0.1) is 5.69 Å². The minimum absolute atomic E-state index is 0.154. The number of hydrogen-bond donors (Lipinski definition) is 4. The van der Waals surface area contributed by atoms with E-state index in [0.717, 1.165) is 0 Å². The normalized spacial score (nSPS) is 11.9. The average molecular weight is 210 g/mol. The summed E-state index contributed by atoms with van der Waals surface area (Å²) in [7, 11) is 0. The van der Waals surface area contributed by atoms with E-state index in [0.29, 0.717) is 11.8 Å². The zero-order chi connectivity index (χ0) is 11.4. The van der Waals surface area contributed by atoms with E-state index in [9.17, 15) is 14.7 Å². The first-order chi connectivity index (χ1) is 7.10. The van der Waals surface area contributed by atoms with Crippen LogP contribution in [0.1, 0.15) is 22.0 Å². The Balaban J connectivity index is 3.13. The van der Waals surface area contributed by atoms with Crippen molar-refractivity contribution >= 4 is 17.9 Å². The van der Waals surface area contributed by atoms with Crippen molar-refractivity contribution in [2.45, 2.75) is 6.10 Å². The summed E-state index contributed by atoms with van der Waals surface area (Å²) in [6, 6.07) is 4.04. The van der Waals surface area contributed by atoms with Crippen molar-refractivity contribution in [3.8, 4) is 0 Å². The van der Waals surface area contributed by atoms with Crippen molar-refractivity contribution in [2.24, 2.45) is 5.84 Å². The molecule has 0 spiro atoms. The molecule has 0 fully saturated rings. The second kappa shape index (κ2) is 4.54. The molecule has 0 amide bonds. The molecule has 6 heteroatoms. The van der Waals surface area contributed by atoms with Crippen LogP contribution in [0.3, 0.4) is 0 Å². The smallest absolute Gasteiger partial charge is 0.337 e. The lowest BCUT2D eigenvalue weighted by atomic mass is 10.1. The van der Waals surface area contributed by atoms with Crippen molar-refractivity contribution < 1.29 is 19.8 Å². The molecule has 1 atom stereocenters. The largest absolute Gasteiger partial charge is 0.479 e. The molecular weight excluding hydrogens is 200 g/mol. The number of carboxylic acid groups (broad SMARTS) is 1. The topological polar surface area (TPSA) is 113 Å². The quantitative estimate of drug-likeness (QED) is 0.313. The zero-order valence-electron chi connectivity index (χ0n) is 7.68. The molecule has 6 nitrogen and oxygen atoms in total. The lowest BCUT2D eigenvalue weighted by Gasteiger charge is -2.09. The number of carbonyl (C=O) groups is 2. The SMILES string of the molecule is NNc1cc(C(O)C(=O)O)ccc1C=O. The van der Waals surface area contributed by atoms with Crippen molar-refractivity contribution in [1.82, 2.24) is 0 Å². The van der Waals surface area contributed by atoms with Gasteiger partial charge in [-0.2, -0.15) is 0 Å². The van der Waals surface area contributed by atoms with Gasteiger partial charge in [-0.05, 0) is 17.7 Å². The highest BCUT2D eigenvalue weighted by atomic mass is 16.4. The third kappa shape index (κ3) is 2.30. The van der Waals surface area contributed by atoms with E-state index in [-0.39, 0.29) is 11.3 Å². The van der Waals surface area contributed by atoms with Gasteiger partial charge in [0.25, 0.3) is 0 Å². The Morgan fingerprint density at radius 3 is 2.67 bits per heavy atom. The fraction of sp³-hybridized carbons (Fsp3) is 0.111. The number of anilines is 1. The van der Waals surface area contributed by atoms with Gasteiger partial charge < -0.3 is 15.6 Å². The first-order valence-electron chi connectivity index (χ1n) is 4.06. The van der Waals surface area contributed by atoms with E-state index in [1.807, 2.05) is 0 Å². The Bertz CT molecular complexity index is 392. The molecule has 1 aromatic carbocycles. The summed E-state index contributed by atoms with van der Waals surface area (Å²) in [5.41, 5.74) is 2.96. The number of hydrogen-bond acceptors (Lipinski definition) is 5. The van der Waals surface area contributed by atoms with Crippen LogP contribution >= 0.6 is 0 Å². The van der Waals surface area contributed by atoms with Gasteiger partial charge in [-0.15, -0.1) is 0 Å². The predicted octanol–water partition coefficient (Wildman–Crippen LogP) is -0.0973. The summed E-state index contributed by atoms with van der Waals surface area (Å²) in [5.74, 6) is 3.77. The van der Waals surface area contributed by atoms with Crippen LogP contribution in [0.5, 0.6) is 0 Å². The number of rotatable bonds is 4. The van der Waals surface area contributed by atoms with Crippen LogP contribution in [0.2, 0.25) is 0 Å². The molecule has 1 unspecified atom stereocenters. The van der Waals surface area contributed by atoms with Gasteiger partial charge in [0.15, 0.2) is 12.4 Å². The van der Waals surface area contributed by atoms with E-state index < -0.39 is 12.1 Å². The Hall–Kier alpha value is -1.92. The Kier molecular flexibility index (Phi) is 3.37. The van der Waals surface area contributed by atoms with Gasteiger partial charge in [0, 0.05) is 5.56 Å². The third-order valence-corrected chi connectivity index (χ3v) is 1.91. The maximum atomic E-state index is 10.5. The highest BCUT2D eigenvalue weighted by Crippen LogP contribution is 2.20. The van der Waals surface area contributed by atoms with E-state index in [1.54, 1.807) is 0 Å². The highest BCUT2D eigenvalue weighted by Gasteiger charge is 2.16. The minimum Gasteiger partial charge on any atom is -0.479 e. The van der Waals surface area contributed by atoms with Crippen LogP contribution in [0, 0.1) is 0 Å². The number of nitrogen functional groups attached to an aromatic ring is 1. The Labute approximate surface area is 85.3 Å². The second-order valence-electron chi connectivity index (χ2n) is 2.85. The molecule has 0 aliphatic rings. The van der Waals surface area contributed by atoms with E-state index >= 15 is 0 Å². The number of carbonyl (C=O) groups excluding carboxylic acids is 1. The molecule has 0 saturated heterocycles. The van der Waals surface area contributed by atoms with Crippen molar-refractivity contribution in [3.63, 3.8) is 0 Å². The summed E-state index contributed by atoms with van der Waals surface area (Å²) in [6.07, 6.45) is -1.05. The summed E-state index contributed by atoms with van der Waals surface area (Å²) < 4.78 is 0. The first-order valence-corrected chi connectivity index (χ1v) is 4.06. The number of hydrazine groups is 1. The van der Waals surface area contributed by atoms with Gasteiger partial charge in [-0.25, -0.2) is 4.79 Å². The number of aliphatic hydroxyl groups excluding tert-OH is 1. The molecule has 0 heterocycles. The summed E-state index contributed by atoms with van der Waals surface area (Å²) >= 11 is 0. The molecule has 15 heavy (non-hydrogen) atoms. The van der Waals surface area contributed by atoms with E-state index in [4.69, 9.17) is 10.9 Å². The van der Waals surface area contributed by atoms with Crippen LogP contribution < -0.4 is 11.3 Å². The Morgan fingerprint density at radius 2 is 2.20 bits per heavy atom. The molecule has 0 aliphatic heterocycles. The fourth-order valence-corrected chi connectivity index (χ4v) is 1.11. The van der Waals surface area contributed by atoms with Gasteiger partial charge in [0.1, 0.15) is 0 Å². The van der Waals surface area contributed by atoms with Crippen LogP contribution in [-0.4, -0.2) is 22.5 Å². The van der Waals surface area contributed by atoms with Crippen molar-refractivity contribution in [3.05, 3.63) is 29.3 Å². The first kappa shape index (κ1) is 11.2. The van der Waals surface area contributed by atoms with Crippen LogP contribution in [-0.2, 0) is 4.79 Å². The van der Waals surface area contributed by atoms with Gasteiger partial charge in [-0.1, -0.05) is 6.07 Å². The molecule has 1 aromatic rings. The molecule has 0 bridgehead atoms. The molecule has 0 aromatic heterocycles. The number of carboxylic acids is 1. The molecule has 1 rings (SSSR count). The van der Waals surface area contributed by atoms with Crippen LogP contribution in [0.25, 0.3) is 0 Å². The maximum absolute atomic E-state index is 10.5. The van der Waals surface area contributed by atoms with Gasteiger partial charge >= 0.3 is 5.97 Å². The summed E-state index contributed by atoms with van der Waals surface area (Å²) in [5, 5.41) is 17.8. The molecule has 0 saturated carbocycles. The number of aldehydes is 1. The Morgan fingerprint density at radius 1 is 1.53 bits per heavy atom. The van der Waals surface area contributed by atoms with Gasteiger partial charge in [-0.3, -0.25) is 10.6 Å². The number of nitrogens with two attached hydrogens (primary N) is 1. The summed E-state index contributed by atoms with van der Waals surface area (Å²) in [6.45, 7) is 0.